The van der Waals surface area contributed by atoms with Gasteiger partial charge in [-0.15, -0.1) is 0 Å². The molecule has 7 heteroatoms. The van der Waals surface area contributed by atoms with Crippen LogP contribution in [0.2, 0.25) is 0 Å². The normalized spacial score (nSPS) is 28.6. The first-order valence-electron chi connectivity index (χ1n) is 9.64. The average Bonchev–Trinajstić information content (AvgIpc) is 3.30. The van der Waals surface area contributed by atoms with Crippen LogP contribution >= 0.6 is 0 Å². The van der Waals surface area contributed by atoms with Crippen LogP contribution in [0.3, 0.4) is 0 Å². The molecular formula is C21H22N4O3. The lowest BCUT2D eigenvalue weighted by Gasteiger charge is -2.33. The van der Waals surface area contributed by atoms with Gasteiger partial charge in [-0.3, -0.25) is 9.59 Å². The van der Waals surface area contributed by atoms with E-state index in [1.165, 1.54) is 0 Å². The number of aryl methyl sites for hydroxylation is 2. The lowest BCUT2D eigenvalue weighted by atomic mass is 10.0. The second-order valence-electron chi connectivity index (χ2n) is 7.76. The summed E-state index contributed by atoms with van der Waals surface area (Å²) in [5.74, 6) is 0.462. The van der Waals surface area contributed by atoms with Crippen LogP contribution in [0, 0.1) is 13.8 Å². The predicted octanol–water partition coefficient (Wildman–Crippen LogP) is 2.01. The Balaban J connectivity index is 1.47. The largest absolute Gasteiger partial charge is 0.351 e. The topological polar surface area (TPSA) is 75.6 Å². The monoisotopic (exact) mass is 378 g/mol. The summed E-state index contributed by atoms with van der Waals surface area (Å²) in [7, 11) is 0. The van der Waals surface area contributed by atoms with Gasteiger partial charge >= 0.3 is 0 Å². The van der Waals surface area contributed by atoms with Crippen molar-refractivity contribution in [2.45, 2.75) is 44.5 Å². The summed E-state index contributed by atoms with van der Waals surface area (Å²) in [6.45, 7) is 4.64. The van der Waals surface area contributed by atoms with Gasteiger partial charge in [0.1, 0.15) is 11.5 Å². The number of aromatic nitrogens is 2. The minimum atomic E-state index is -0.718. The van der Waals surface area contributed by atoms with Crippen LogP contribution in [0.1, 0.15) is 46.5 Å². The van der Waals surface area contributed by atoms with E-state index < -0.39 is 5.72 Å². The highest BCUT2D eigenvalue weighted by Gasteiger charge is 2.65. The Morgan fingerprint density at radius 2 is 2.00 bits per heavy atom. The van der Waals surface area contributed by atoms with E-state index in [4.69, 9.17) is 4.74 Å². The number of hydrogen-bond donors (Lipinski definition) is 0. The molecule has 0 saturated carbocycles. The maximum atomic E-state index is 13.2. The van der Waals surface area contributed by atoms with E-state index in [0.717, 1.165) is 11.3 Å². The van der Waals surface area contributed by atoms with Gasteiger partial charge in [-0.05, 0) is 25.5 Å². The fourth-order valence-electron chi connectivity index (χ4n) is 4.98. The Hall–Kier alpha value is -2.80. The van der Waals surface area contributed by atoms with Gasteiger partial charge in [0, 0.05) is 18.7 Å². The van der Waals surface area contributed by atoms with Crippen molar-refractivity contribution in [2.75, 3.05) is 13.2 Å². The van der Waals surface area contributed by atoms with Crippen molar-refractivity contribution >= 4 is 11.8 Å². The lowest BCUT2D eigenvalue weighted by Crippen LogP contribution is -2.49. The Bertz CT molecular complexity index is 943. The minimum absolute atomic E-state index is 0.0453. The molecule has 0 bridgehead atoms. The first kappa shape index (κ1) is 17.3. The Morgan fingerprint density at radius 1 is 1.21 bits per heavy atom. The highest BCUT2D eigenvalue weighted by atomic mass is 16.5. The molecule has 5 rings (SSSR count). The number of carbonyl (C=O) groups is 2. The van der Waals surface area contributed by atoms with Gasteiger partial charge in [0.15, 0.2) is 5.72 Å². The molecule has 7 nitrogen and oxygen atoms in total. The fourth-order valence-corrected chi connectivity index (χ4v) is 4.98. The zero-order valence-electron chi connectivity index (χ0n) is 16.0. The number of amides is 2. The molecule has 4 heterocycles. The Morgan fingerprint density at radius 3 is 2.75 bits per heavy atom. The molecule has 0 radical (unpaired) electrons. The van der Waals surface area contributed by atoms with Crippen LogP contribution in [0.5, 0.6) is 0 Å². The minimum Gasteiger partial charge on any atom is -0.351 e. The van der Waals surface area contributed by atoms with E-state index in [1.807, 2.05) is 42.2 Å². The molecule has 1 aromatic carbocycles. The predicted molar refractivity (Wildman–Crippen MR) is 100 cm³/mol. The van der Waals surface area contributed by atoms with Crippen molar-refractivity contribution in [3.8, 4) is 0 Å². The molecule has 28 heavy (non-hydrogen) atoms. The fraction of sp³-hybridized carbons (Fsp3) is 0.429. The van der Waals surface area contributed by atoms with E-state index in [9.17, 15) is 9.59 Å². The van der Waals surface area contributed by atoms with E-state index in [1.54, 1.807) is 17.9 Å². The second-order valence-corrected chi connectivity index (χ2v) is 7.76. The Labute approximate surface area is 163 Å². The number of carbonyl (C=O) groups excluding carboxylic acids is 2. The molecule has 1 spiro atoms. The summed E-state index contributed by atoms with van der Waals surface area (Å²) >= 11 is 0. The molecule has 144 valence electrons. The van der Waals surface area contributed by atoms with Crippen molar-refractivity contribution in [3.05, 3.63) is 59.2 Å². The molecule has 2 aromatic rings. The number of ether oxygens (including phenoxy) is 1. The molecule has 0 N–H and O–H groups in total. The van der Waals surface area contributed by atoms with Crippen LogP contribution < -0.4 is 0 Å². The second kappa shape index (κ2) is 6.10. The lowest BCUT2D eigenvalue weighted by molar-refractivity contribution is -0.138. The highest BCUT2D eigenvalue weighted by Crippen LogP contribution is 2.51. The Kier molecular flexibility index (Phi) is 3.77. The molecule has 3 aliphatic rings. The molecule has 2 amide bonds. The van der Waals surface area contributed by atoms with Crippen molar-refractivity contribution < 1.29 is 14.3 Å². The number of benzene rings is 1. The van der Waals surface area contributed by atoms with Crippen LogP contribution in [0.4, 0.5) is 0 Å². The summed E-state index contributed by atoms with van der Waals surface area (Å²) in [6, 6.07) is 11.3. The average molecular weight is 378 g/mol. The summed E-state index contributed by atoms with van der Waals surface area (Å²) in [5, 5.41) is 0. The van der Waals surface area contributed by atoms with Gasteiger partial charge in [-0.1, -0.05) is 30.3 Å². The van der Waals surface area contributed by atoms with E-state index in [0.29, 0.717) is 31.1 Å². The third kappa shape index (κ3) is 2.39. The molecule has 0 aliphatic carbocycles. The standard InChI is InChI=1S/C21H22N4O3/c1-13-10-16(23-14(2)22-13)20(27)24-9-8-21-18(24)11-19(26)25(21)17(12-28-21)15-6-4-3-5-7-15/h3-7,10,17-18H,8-9,11-12H2,1-2H3/t17-,18+,21-/m0/s1. The summed E-state index contributed by atoms with van der Waals surface area (Å²) in [5.41, 5.74) is 1.49. The van der Waals surface area contributed by atoms with Crippen molar-refractivity contribution in [3.63, 3.8) is 0 Å². The zero-order valence-corrected chi connectivity index (χ0v) is 16.0. The molecule has 3 saturated heterocycles. The third-order valence-electron chi connectivity index (χ3n) is 6.09. The summed E-state index contributed by atoms with van der Waals surface area (Å²) < 4.78 is 6.27. The zero-order chi connectivity index (χ0) is 19.5. The number of nitrogens with zero attached hydrogens (tertiary/aromatic N) is 4. The van der Waals surface area contributed by atoms with Crippen LogP contribution in [0.25, 0.3) is 0 Å². The van der Waals surface area contributed by atoms with Gasteiger partial charge in [0.2, 0.25) is 5.91 Å². The van der Waals surface area contributed by atoms with Crippen LogP contribution in [-0.4, -0.2) is 56.5 Å². The molecule has 3 atom stereocenters. The third-order valence-corrected chi connectivity index (χ3v) is 6.09. The van der Waals surface area contributed by atoms with Gasteiger partial charge in [0.25, 0.3) is 5.91 Å². The smallest absolute Gasteiger partial charge is 0.273 e. The number of hydrogen-bond acceptors (Lipinski definition) is 5. The molecule has 0 unspecified atom stereocenters. The van der Waals surface area contributed by atoms with E-state index in [2.05, 4.69) is 9.97 Å². The number of rotatable bonds is 2. The van der Waals surface area contributed by atoms with E-state index >= 15 is 0 Å². The van der Waals surface area contributed by atoms with Gasteiger partial charge < -0.3 is 14.5 Å². The highest BCUT2D eigenvalue weighted by molar-refractivity contribution is 5.94. The first-order chi connectivity index (χ1) is 13.5. The van der Waals surface area contributed by atoms with E-state index in [-0.39, 0.29) is 30.3 Å². The first-order valence-corrected chi connectivity index (χ1v) is 9.64. The van der Waals surface area contributed by atoms with Gasteiger partial charge in [0.05, 0.1) is 25.1 Å². The summed E-state index contributed by atoms with van der Waals surface area (Å²) in [4.78, 5) is 38.4. The van der Waals surface area contributed by atoms with Gasteiger partial charge in [-0.25, -0.2) is 9.97 Å². The van der Waals surface area contributed by atoms with Crippen molar-refractivity contribution in [2.24, 2.45) is 0 Å². The summed E-state index contributed by atoms with van der Waals surface area (Å²) in [6.07, 6.45) is 0.916. The van der Waals surface area contributed by atoms with Crippen LogP contribution in [0.15, 0.2) is 36.4 Å². The van der Waals surface area contributed by atoms with Crippen molar-refractivity contribution in [1.29, 1.82) is 0 Å². The maximum absolute atomic E-state index is 13.2. The van der Waals surface area contributed by atoms with Crippen LogP contribution in [-0.2, 0) is 9.53 Å². The SMILES string of the molecule is Cc1cc(C(=O)N2CC[C@@]34OC[C@@H](c5ccccc5)N3C(=O)C[C@@H]24)nc(C)n1. The molecule has 1 aromatic heterocycles. The molecule has 3 fully saturated rings. The quantitative estimate of drug-likeness (QED) is 0.799. The maximum Gasteiger partial charge on any atom is 0.273 e. The molecular weight excluding hydrogens is 356 g/mol. The van der Waals surface area contributed by atoms with Gasteiger partial charge in [-0.2, -0.15) is 0 Å². The number of likely N-dealkylation sites (tertiary alicyclic amines) is 1. The molecule has 3 aliphatic heterocycles. The van der Waals surface area contributed by atoms with Crippen molar-refractivity contribution in [1.82, 2.24) is 19.8 Å².